The molecule has 0 radical (unpaired) electrons. The van der Waals surface area contributed by atoms with Crippen LogP contribution in [0.5, 0.6) is 0 Å². The van der Waals surface area contributed by atoms with Gasteiger partial charge in [-0.1, -0.05) is 31.6 Å². The van der Waals surface area contributed by atoms with E-state index < -0.39 is 0 Å². The number of benzene rings is 1. The molecule has 0 unspecified atom stereocenters. The zero-order valence-electron chi connectivity index (χ0n) is 10.8. The minimum atomic E-state index is -0.0735. The summed E-state index contributed by atoms with van der Waals surface area (Å²) in [6, 6.07) is 7.74. The Hall–Kier alpha value is -1.57. The molecular weight excluding hydrogens is 198 g/mol. The molecule has 0 saturated heterocycles. The molecule has 2 heteroatoms. The molecule has 1 aromatic carbocycles. The molecule has 1 rings (SSSR count). The normalized spacial score (nSPS) is 8.56. The van der Waals surface area contributed by atoms with Gasteiger partial charge in [0.25, 0.3) is 0 Å². The summed E-state index contributed by atoms with van der Waals surface area (Å²) in [5.74, 6) is -0.0735. The standard InChI is InChI=1S/C12H15NO.C2H6/c1-9(2)7-12(14)13-11-6-4-5-10(3)8-11;1-2/h4-8H,1-3H3,(H,13,14);1-2H3. The zero-order valence-corrected chi connectivity index (χ0v) is 10.8. The van der Waals surface area contributed by atoms with Gasteiger partial charge in [0, 0.05) is 11.8 Å². The highest BCUT2D eigenvalue weighted by atomic mass is 16.1. The second kappa shape index (κ2) is 7.69. The quantitative estimate of drug-likeness (QED) is 0.750. The fraction of sp³-hybridized carbons (Fsp3) is 0.357. The summed E-state index contributed by atoms with van der Waals surface area (Å²) in [4.78, 5) is 11.3. The molecule has 1 aromatic rings. The predicted molar refractivity (Wildman–Crippen MR) is 70.6 cm³/mol. The van der Waals surface area contributed by atoms with E-state index in [1.807, 2.05) is 58.9 Å². The Bertz CT molecular complexity index is 363. The van der Waals surface area contributed by atoms with E-state index in [1.54, 1.807) is 6.08 Å². The number of amides is 1. The maximum Gasteiger partial charge on any atom is 0.248 e. The maximum atomic E-state index is 11.3. The Balaban J connectivity index is 0.00000106. The van der Waals surface area contributed by atoms with E-state index in [-0.39, 0.29) is 5.91 Å². The Morgan fingerprint density at radius 1 is 1.25 bits per heavy atom. The van der Waals surface area contributed by atoms with Gasteiger partial charge >= 0.3 is 0 Å². The van der Waals surface area contributed by atoms with E-state index in [4.69, 9.17) is 0 Å². The molecule has 0 spiro atoms. The lowest BCUT2D eigenvalue weighted by Gasteiger charge is -2.02. The topological polar surface area (TPSA) is 29.1 Å². The third-order valence-electron chi connectivity index (χ3n) is 1.71. The summed E-state index contributed by atoms with van der Waals surface area (Å²) in [6.07, 6.45) is 1.59. The molecule has 2 nitrogen and oxygen atoms in total. The van der Waals surface area contributed by atoms with Gasteiger partial charge in [-0.15, -0.1) is 0 Å². The van der Waals surface area contributed by atoms with Crippen LogP contribution in [0.3, 0.4) is 0 Å². The van der Waals surface area contributed by atoms with E-state index in [2.05, 4.69) is 5.32 Å². The van der Waals surface area contributed by atoms with Gasteiger partial charge in [0.05, 0.1) is 0 Å². The Morgan fingerprint density at radius 3 is 2.38 bits per heavy atom. The van der Waals surface area contributed by atoms with Crippen molar-refractivity contribution in [1.29, 1.82) is 0 Å². The number of aryl methyl sites for hydroxylation is 1. The van der Waals surface area contributed by atoms with Crippen molar-refractivity contribution in [3.05, 3.63) is 41.5 Å². The highest BCUT2D eigenvalue weighted by Gasteiger charge is 1.97. The number of carbonyl (C=O) groups is 1. The van der Waals surface area contributed by atoms with Crippen molar-refractivity contribution < 1.29 is 4.79 Å². The molecule has 0 aliphatic carbocycles. The third kappa shape index (κ3) is 6.02. The second-order valence-corrected chi connectivity index (χ2v) is 3.58. The van der Waals surface area contributed by atoms with Crippen LogP contribution in [0, 0.1) is 6.92 Å². The average Bonchev–Trinajstić information content (AvgIpc) is 2.19. The van der Waals surface area contributed by atoms with E-state index in [0.717, 1.165) is 16.8 Å². The van der Waals surface area contributed by atoms with Crippen LogP contribution < -0.4 is 5.32 Å². The van der Waals surface area contributed by atoms with Crippen molar-refractivity contribution in [3.63, 3.8) is 0 Å². The fourth-order valence-electron chi connectivity index (χ4n) is 1.16. The van der Waals surface area contributed by atoms with Crippen LogP contribution in [-0.2, 0) is 4.79 Å². The molecule has 0 aliphatic heterocycles. The first-order valence-corrected chi connectivity index (χ1v) is 5.60. The minimum absolute atomic E-state index is 0.0735. The van der Waals surface area contributed by atoms with Crippen molar-refractivity contribution in [2.75, 3.05) is 5.32 Å². The molecule has 0 aliphatic rings. The third-order valence-corrected chi connectivity index (χ3v) is 1.71. The van der Waals surface area contributed by atoms with Crippen LogP contribution in [0.25, 0.3) is 0 Å². The van der Waals surface area contributed by atoms with Gasteiger partial charge in [0.1, 0.15) is 0 Å². The molecule has 0 aromatic heterocycles. The van der Waals surface area contributed by atoms with E-state index in [0.29, 0.717) is 0 Å². The molecule has 0 atom stereocenters. The van der Waals surface area contributed by atoms with Gasteiger partial charge in [-0.2, -0.15) is 0 Å². The van der Waals surface area contributed by atoms with Crippen molar-refractivity contribution >= 4 is 11.6 Å². The Labute approximate surface area is 98.4 Å². The fourth-order valence-corrected chi connectivity index (χ4v) is 1.16. The summed E-state index contributed by atoms with van der Waals surface area (Å²) in [5.41, 5.74) is 2.97. The molecule has 1 N–H and O–H groups in total. The molecule has 88 valence electrons. The van der Waals surface area contributed by atoms with Crippen molar-refractivity contribution in [3.8, 4) is 0 Å². The lowest BCUT2D eigenvalue weighted by Crippen LogP contribution is -2.08. The van der Waals surface area contributed by atoms with Crippen LogP contribution in [0.4, 0.5) is 5.69 Å². The second-order valence-electron chi connectivity index (χ2n) is 3.58. The number of nitrogens with one attached hydrogen (secondary N) is 1. The average molecular weight is 219 g/mol. The number of anilines is 1. The van der Waals surface area contributed by atoms with Gasteiger partial charge in [0.15, 0.2) is 0 Å². The van der Waals surface area contributed by atoms with E-state index >= 15 is 0 Å². The van der Waals surface area contributed by atoms with Crippen LogP contribution in [-0.4, -0.2) is 5.91 Å². The first-order valence-electron chi connectivity index (χ1n) is 5.60. The van der Waals surface area contributed by atoms with Crippen molar-refractivity contribution in [1.82, 2.24) is 0 Å². The molecule has 0 saturated carbocycles. The molecule has 0 heterocycles. The molecular formula is C14H21NO. The van der Waals surface area contributed by atoms with Crippen molar-refractivity contribution in [2.24, 2.45) is 0 Å². The number of hydrogen-bond acceptors (Lipinski definition) is 1. The summed E-state index contributed by atoms with van der Waals surface area (Å²) in [5, 5.41) is 2.80. The van der Waals surface area contributed by atoms with Crippen LogP contribution in [0.2, 0.25) is 0 Å². The molecule has 0 bridgehead atoms. The summed E-state index contributed by atoms with van der Waals surface area (Å²) < 4.78 is 0. The molecule has 0 fully saturated rings. The van der Waals surface area contributed by atoms with Crippen LogP contribution in [0.15, 0.2) is 35.9 Å². The largest absolute Gasteiger partial charge is 0.323 e. The van der Waals surface area contributed by atoms with E-state index in [9.17, 15) is 4.79 Å². The van der Waals surface area contributed by atoms with Gasteiger partial charge < -0.3 is 5.32 Å². The van der Waals surface area contributed by atoms with Crippen LogP contribution >= 0.6 is 0 Å². The number of rotatable bonds is 2. The predicted octanol–water partition coefficient (Wildman–Crippen LogP) is 3.93. The monoisotopic (exact) mass is 219 g/mol. The highest BCUT2D eigenvalue weighted by molar-refractivity contribution is 5.99. The highest BCUT2D eigenvalue weighted by Crippen LogP contribution is 2.09. The number of carbonyl (C=O) groups excluding carboxylic acids is 1. The SMILES string of the molecule is CC.CC(C)=CC(=O)Nc1cccc(C)c1. The van der Waals surface area contributed by atoms with Gasteiger partial charge in [-0.05, 0) is 38.5 Å². The van der Waals surface area contributed by atoms with E-state index in [1.165, 1.54) is 0 Å². The number of hydrogen-bond donors (Lipinski definition) is 1. The smallest absolute Gasteiger partial charge is 0.248 e. The lowest BCUT2D eigenvalue weighted by atomic mass is 10.2. The van der Waals surface area contributed by atoms with Gasteiger partial charge in [0.2, 0.25) is 5.91 Å². The van der Waals surface area contributed by atoms with Crippen LogP contribution in [0.1, 0.15) is 33.3 Å². The Kier molecular flexibility index (Phi) is 6.93. The molecule has 1 amide bonds. The number of allylic oxidation sites excluding steroid dienone is 1. The van der Waals surface area contributed by atoms with Gasteiger partial charge in [-0.25, -0.2) is 0 Å². The summed E-state index contributed by atoms with van der Waals surface area (Å²) in [7, 11) is 0. The summed E-state index contributed by atoms with van der Waals surface area (Å²) in [6.45, 7) is 9.79. The Morgan fingerprint density at radius 2 is 1.88 bits per heavy atom. The maximum absolute atomic E-state index is 11.3. The van der Waals surface area contributed by atoms with Gasteiger partial charge in [-0.3, -0.25) is 4.79 Å². The lowest BCUT2D eigenvalue weighted by molar-refractivity contribution is -0.111. The molecule has 16 heavy (non-hydrogen) atoms. The first kappa shape index (κ1) is 14.4. The minimum Gasteiger partial charge on any atom is -0.323 e. The zero-order chi connectivity index (χ0) is 12.6. The first-order chi connectivity index (χ1) is 7.58. The van der Waals surface area contributed by atoms with Crippen molar-refractivity contribution in [2.45, 2.75) is 34.6 Å². The summed E-state index contributed by atoms with van der Waals surface area (Å²) >= 11 is 0.